The van der Waals surface area contributed by atoms with Gasteiger partial charge < -0.3 is 20.4 Å². The van der Waals surface area contributed by atoms with Crippen LogP contribution in [0.25, 0.3) is 0 Å². The Hall–Kier alpha value is -0.650. The highest BCUT2D eigenvalue weighted by Crippen LogP contribution is 2.15. The number of rotatable bonds is 8. The molecule has 1 aliphatic rings. The van der Waals surface area contributed by atoms with Gasteiger partial charge in [-0.15, -0.1) is 0 Å². The molecule has 0 saturated carbocycles. The van der Waals surface area contributed by atoms with Crippen LogP contribution >= 0.6 is 0 Å². The molecular weight excluding hydrogens is 252 g/mol. The Labute approximate surface area is 124 Å². The minimum absolute atomic E-state index is 0.233. The van der Waals surface area contributed by atoms with Gasteiger partial charge in [0.15, 0.2) is 0 Å². The molecule has 20 heavy (non-hydrogen) atoms. The van der Waals surface area contributed by atoms with E-state index in [1.54, 1.807) is 4.90 Å². The maximum atomic E-state index is 12.0. The lowest BCUT2D eigenvalue weighted by molar-refractivity contribution is -0.130. The summed E-state index contributed by atoms with van der Waals surface area (Å²) in [5.41, 5.74) is 5.47. The molecule has 0 bridgehead atoms. The van der Waals surface area contributed by atoms with Gasteiger partial charge in [0.25, 0.3) is 0 Å². The zero-order chi connectivity index (χ0) is 15.0. The highest BCUT2D eigenvalue weighted by atomic mass is 16.2. The topological polar surface area (TPSA) is 52.8 Å². The number of piperidine rings is 1. The van der Waals surface area contributed by atoms with E-state index in [1.807, 2.05) is 7.05 Å². The molecule has 0 atom stereocenters. The molecule has 0 unspecified atom stereocenters. The summed E-state index contributed by atoms with van der Waals surface area (Å²) in [6.45, 7) is 8.04. The average Bonchev–Trinajstić information content (AvgIpc) is 2.49. The SMILES string of the molecule is CCN1CCC(N(C)CCC(=O)N(C)CCCN)CC1. The average molecular weight is 284 g/mol. The van der Waals surface area contributed by atoms with Gasteiger partial charge in [0.2, 0.25) is 5.91 Å². The quantitative estimate of drug-likeness (QED) is 0.709. The van der Waals surface area contributed by atoms with E-state index in [9.17, 15) is 4.79 Å². The Morgan fingerprint density at radius 1 is 1.25 bits per heavy atom. The number of hydrogen-bond donors (Lipinski definition) is 1. The first-order valence-corrected chi connectivity index (χ1v) is 7.95. The van der Waals surface area contributed by atoms with Gasteiger partial charge >= 0.3 is 0 Å². The van der Waals surface area contributed by atoms with Gasteiger partial charge in [0.05, 0.1) is 0 Å². The summed E-state index contributed by atoms with van der Waals surface area (Å²) in [5, 5.41) is 0. The van der Waals surface area contributed by atoms with Crippen molar-refractivity contribution in [1.29, 1.82) is 0 Å². The minimum Gasteiger partial charge on any atom is -0.346 e. The molecule has 2 N–H and O–H groups in total. The number of carbonyl (C=O) groups is 1. The van der Waals surface area contributed by atoms with Crippen LogP contribution in [0.5, 0.6) is 0 Å². The summed E-state index contributed by atoms with van der Waals surface area (Å²) in [6.07, 6.45) is 3.95. The van der Waals surface area contributed by atoms with Gasteiger partial charge in [0, 0.05) is 32.6 Å². The summed E-state index contributed by atoms with van der Waals surface area (Å²) >= 11 is 0. The number of nitrogens with two attached hydrogens (primary N) is 1. The first-order chi connectivity index (χ1) is 9.58. The Morgan fingerprint density at radius 3 is 2.45 bits per heavy atom. The molecule has 1 amide bonds. The lowest BCUT2D eigenvalue weighted by atomic mass is 10.0. The van der Waals surface area contributed by atoms with Gasteiger partial charge in [-0.05, 0) is 52.5 Å². The van der Waals surface area contributed by atoms with Crippen molar-refractivity contribution in [3.05, 3.63) is 0 Å². The van der Waals surface area contributed by atoms with Crippen molar-refractivity contribution in [1.82, 2.24) is 14.7 Å². The third kappa shape index (κ3) is 5.77. The lowest BCUT2D eigenvalue weighted by Crippen LogP contribution is -2.44. The van der Waals surface area contributed by atoms with Crippen molar-refractivity contribution in [2.24, 2.45) is 5.73 Å². The summed E-state index contributed by atoms with van der Waals surface area (Å²) in [7, 11) is 4.02. The monoisotopic (exact) mass is 284 g/mol. The fraction of sp³-hybridized carbons (Fsp3) is 0.933. The summed E-state index contributed by atoms with van der Waals surface area (Å²) in [6, 6.07) is 0.639. The molecule has 0 aromatic rings. The van der Waals surface area contributed by atoms with Gasteiger partial charge in [-0.3, -0.25) is 4.79 Å². The normalized spacial score (nSPS) is 17.6. The van der Waals surface area contributed by atoms with Crippen LogP contribution < -0.4 is 5.73 Å². The van der Waals surface area contributed by atoms with Crippen LogP contribution in [0.1, 0.15) is 32.6 Å². The van der Waals surface area contributed by atoms with Crippen molar-refractivity contribution >= 4 is 5.91 Å². The predicted molar refractivity (Wildman–Crippen MR) is 83.7 cm³/mol. The van der Waals surface area contributed by atoms with E-state index in [1.165, 1.54) is 25.9 Å². The molecule has 0 aliphatic carbocycles. The molecule has 1 rings (SSSR count). The zero-order valence-electron chi connectivity index (χ0n) is 13.5. The Bertz CT molecular complexity index is 277. The van der Waals surface area contributed by atoms with E-state index in [0.29, 0.717) is 19.0 Å². The van der Waals surface area contributed by atoms with Crippen LogP contribution in [0.3, 0.4) is 0 Å². The summed E-state index contributed by atoms with van der Waals surface area (Å²) in [4.78, 5) is 18.6. The van der Waals surface area contributed by atoms with Crippen molar-refractivity contribution in [2.75, 3.05) is 53.4 Å². The molecular formula is C15H32N4O. The maximum absolute atomic E-state index is 12.0. The third-order valence-electron chi connectivity index (χ3n) is 4.43. The fourth-order valence-corrected chi connectivity index (χ4v) is 2.77. The van der Waals surface area contributed by atoms with Crippen molar-refractivity contribution in [3.8, 4) is 0 Å². The van der Waals surface area contributed by atoms with Crippen LogP contribution in [-0.4, -0.2) is 80.0 Å². The van der Waals surface area contributed by atoms with Crippen LogP contribution in [0.15, 0.2) is 0 Å². The van der Waals surface area contributed by atoms with E-state index in [0.717, 1.165) is 26.1 Å². The molecule has 0 aromatic heterocycles. The second kappa shape index (κ2) is 9.32. The van der Waals surface area contributed by atoms with Crippen molar-refractivity contribution < 1.29 is 4.79 Å². The Kier molecular flexibility index (Phi) is 8.11. The summed E-state index contributed by atoms with van der Waals surface area (Å²) < 4.78 is 0. The molecule has 0 radical (unpaired) electrons. The molecule has 0 aromatic carbocycles. The molecule has 1 saturated heterocycles. The van der Waals surface area contributed by atoms with E-state index in [2.05, 4.69) is 23.8 Å². The number of hydrogen-bond acceptors (Lipinski definition) is 4. The molecule has 1 aliphatic heterocycles. The summed E-state index contributed by atoms with van der Waals surface area (Å²) in [5.74, 6) is 0.233. The minimum atomic E-state index is 0.233. The van der Waals surface area contributed by atoms with Crippen LogP contribution in [0, 0.1) is 0 Å². The standard InChI is InChI=1S/C15H32N4O/c1-4-19-12-6-14(7-13-19)17(2)11-8-15(20)18(3)10-5-9-16/h14H,4-13,16H2,1-3H3. The van der Waals surface area contributed by atoms with Gasteiger partial charge in [-0.1, -0.05) is 6.92 Å². The molecule has 1 heterocycles. The lowest BCUT2D eigenvalue weighted by Gasteiger charge is -2.36. The van der Waals surface area contributed by atoms with E-state index >= 15 is 0 Å². The molecule has 5 heteroatoms. The fourth-order valence-electron chi connectivity index (χ4n) is 2.77. The molecule has 118 valence electrons. The highest BCUT2D eigenvalue weighted by Gasteiger charge is 2.22. The third-order valence-corrected chi connectivity index (χ3v) is 4.43. The number of likely N-dealkylation sites (tertiary alicyclic amines) is 1. The number of amides is 1. The molecule has 5 nitrogen and oxygen atoms in total. The molecule has 1 fully saturated rings. The first-order valence-electron chi connectivity index (χ1n) is 7.95. The Morgan fingerprint density at radius 2 is 1.90 bits per heavy atom. The number of nitrogens with zero attached hydrogens (tertiary/aromatic N) is 3. The van der Waals surface area contributed by atoms with Crippen molar-refractivity contribution in [2.45, 2.75) is 38.6 Å². The van der Waals surface area contributed by atoms with Crippen LogP contribution in [0.2, 0.25) is 0 Å². The first kappa shape index (κ1) is 17.4. The van der Waals surface area contributed by atoms with Crippen molar-refractivity contribution in [3.63, 3.8) is 0 Å². The predicted octanol–water partition coefficient (Wildman–Crippen LogP) is 0.600. The van der Waals surface area contributed by atoms with Crippen LogP contribution in [0.4, 0.5) is 0 Å². The van der Waals surface area contributed by atoms with E-state index in [-0.39, 0.29) is 5.91 Å². The van der Waals surface area contributed by atoms with E-state index in [4.69, 9.17) is 5.73 Å². The largest absolute Gasteiger partial charge is 0.346 e. The Balaban J connectivity index is 2.22. The van der Waals surface area contributed by atoms with Gasteiger partial charge in [0.1, 0.15) is 0 Å². The van der Waals surface area contributed by atoms with Gasteiger partial charge in [-0.25, -0.2) is 0 Å². The molecule has 0 spiro atoms. The maximum Gasteiger partial charge on any atom is 0.223 e. The smallest absolute Gasteiger partial charge is 0.223 e. The highest BCUT2D eigenvalue weighted by molar-refractivity contribution is 5.76. The van der Waals surface area contributed by atoms with E-state index < -0.39 is 0 Å². The van der Waals surface area contributed by atoms with Crippen LogP contribution in [-0.2, 0) is 4.79 Å². The zero-order valence-corrected chi connectivity index (χ0v) is 13.5. The second-order valence-electron chi connectivity index (χ2n) is 5.85. The van der Waals surface area contributed by atoms with Gasteiger partial charge in [-0.2, -0.15) is 0 Å². The number of carbonyl (C=O) groups excluding carboxylic acids is 1. The second-order valence-corrected chi connectivity index (χ2v) is 5.85.